The lowest BCUT2D eigenvalue weighted by Crippen LogP contribution is -2.30. The van der Waals surface area contributed by atoms with Crippen molar-refractivity contribution in [3.8, 4) is 0 Å². The summed E-state index contributed by atoms with van der Waals surface area (Å²) in [6.07, 6.45) is 24.0. The largest absolute Gasteiger partial charge is 0.472 e. The van der Waals surface area contributed by atoms with Crippen LogP contribution in [0.4, 0.5) is 0 Å². The van der Waals surface area contributed by atoms with Crippen LogP contribution >= 0.6 is 15.6 Å². The number of unbranched alkanes of at least 4 members (excludes halogenated alkanes) is 16. The van der Waals surface area contributed by atoms with Crippen molar-refractivity contribution >= 4 is 27.6 Å². The quantitative estimate of drug-likeness (QED) is 0.0211. The normalized spacial score (nSPS) is 14.4. The zero-order chi connectivity index (χ0) is 36.6. The molecule has 3 atom stereocenters. The number of phosphoric ester groups is 2. The zero-order valence-electron chi connectivity index (χ0n) is 29.6. The predicted molar refractivity (Wildman–Crippen MR) is 189 cm³/mol. The highest BCUT2D eigenvalue weighted by Gasteiger charge is 2.28. The highest BCUT2D eigenvalue weighted by molar-refractivity contribution is 7.47. The lowest BCUT2D eigenvalue weighted by Gasteiger charge is -2.20. The second kappa shape index (κ2) is 31.3. The van der Waals surface area contributed by atoms with Crippen LogP contribution in [-0.2, 0) is 41.8 Å². The predicted octanol–water partition coefficient (Wildman–Crippen LogP) is 8.00. The minimum absolute atomic E-state index is 0.112. The van der Waals surface area contributed by atoms with Crippen molar-refractivity contribution in [2.45, 2.75) is 154 Å². The molecule has 0 aliphatic rings. The van der Waals surface area contributed by atoms with Gasteiger partial charge in [0.25, 0.3) is 0 Å². The number of allylic oxidation sites excluding steroid dienone is 3. The third kappa shape index (κ3) is 34.8. The maximum absolute atomic E-state index is 12.4. The van der Waals surface area contributed by atoms with Crippen molar-refractivity contribution in [1.29, 1.82) is 0 Å². The minimum atomic E-state index is -4.85. The van der Waals surface area contributed by atoms with Crippen molar-refractivity contribution in [2.24, 2.45) is 0 Å². The van der Waals surface area contributed by atoms with Gasteiger partial charge in [-0.1, -0.05) is 95.8 Å². The minimum Gasteiger partial charge on any atom is -0.462 e. The summed E-state index contributed by atoms with van der Waals surface area (Å²) >= 11 is 0. The summed E-state index contributed by atoms with van der Waals surface area (Å²) in [6, 6.07) is 0. The molecule has 15 heteroatoms. The maximum atomic E-state index is 12.4. The number of rotatable bonds is 35. The number of carbonyl (C=O) groups is 2. The van der Waals surface area contributed by atoms with E-state index >= 15 is 0 Å². The first-order valence-electron chi connectivity index (χ1n) is 18.0. The number of aliphatic hydroxyl groups excluding tert-OH is 1. The first-order valence-corrected chi connectivity index (χ1v) is 21.0. The molecule has 49 heavy (non-hydrogen) atoms. The van der Waals surface area contributed by atoms with E-state index in [-0.39, 0.29) is 12.8 Å². The number of carbonyl (C=O) groups excluding carboxylic acids is 2. The SMILES string of the molecule is C=CCCCCCCCC(=O)O[C@H](COC(=O)CCCCCCCCCC/C=C/CCCCC)COP(=O)(O)OC[C@@H](O)COP(=O)(O)O. The molecule has 0 spiro atoms. The van der Waals surface area contributed by atoms with Crippen molar-refractivity contribution in [1.82, 2.24) is 0 Å². The van der Waals surface area contributed by atoms with E-state index in [1.165, 1.54) is 51.4 Å². The first kappa shape index (κ1) is 47.6. The van der Waals surface area contributed by atoms with Crippen molar-refractivity contribution in [2.75, 3.05) is 26.4 Å². The van der Waals surface area contributed by atoms with Crippen molar-refractivity contribution in [3.05, 3.63) is 24.8 Å². The van der Waals surface area contributed by atoms with Gasteiger partial charge >= 0.3 is 27.6 Å². The highest BCUT2D eigenvalue weighted by Crippen LogP contribution is 2.43. The molecule has 0 aliphatic carbocycles. The summed E-state index contributed by atoms with van der Waals surface area (Å²) in [5, 5.41) is 9.67. The fourth-order valence-corrected chi connectivity index (χ4v) is 5.83. The molecular formula is C34H64O13P2. The summed E-state index contributed by atoms with van der Waals surface area (Å²) < 4.78 is 47.3. The van der Waals surface area contributed by atoms with Gasteiger partial charge in [0.15, 0.2) is 6.10 Å². The molecule has 0 heterocycles. The number of ether oxygens (including phenoxy) is 2. The topological polar surface area (TPSA) is 195 Å². The van der Waals surface area contributed by atoms with Gasteiger partial charge in [-0.05, 0) is 51.4 Å². The fraction of sp³-hybridized carbons (Fsp3) is 0.824. The highest BCUT2D eigenvalue weighted by atomic mass is 31.2. The average molecular weight is 743 g/mol. The molecule has 0 bridgehead atoms. The van der Waals surface area contributed by atoms with Crippen LogP contribution in [0.5, 0.6) is 0 Å². The Labute approximate surface area is 294 Å². The van der Waals surface area contributed by atoms with Gasteiger partial charge in [0.1, 0.15) is 12.7 Å². The molecule has 13 nitrogen and oxygen atoms in total. The molecular weight excluding hydrogens is 678 g/mol. The van der Waals surface area contributed by atoms with E-state index in [0.717, 1.165) is 57.8 Å². The van der Waals surface area contributed by atoms with Gasteiger partial charge in [-0.25, -0.2) is 9.13 Å². The van der Waals surface area contributed by atoms with Gasteiger partial charge in [0.05, 0.1) is 19.8 Å². The molecule has 0 aromatic rings. The first-order chi connectivity index (χ1) is 23.4. The van der Waals surface area contributed by atoms with E-state index in [2.05, 4.69) is 34.7 Å². The number of aliphatic hydroxyl groups is 1. The molecule has 288 valence electrons. The molecule has 0 rings (SSSR count). The van der Waals surface area contributed by atoms with E-state index in [9.17, 15) is 28.7 Å². The van der Waals surface area contributed by atoms with E-state index in [4.69, 9.17) is 23.8 Å². The molecule has 0 radical (unpaired) electrons. The standard InChI is InChI=1S/C34H64O13P2/c1-3-5-7-9-11-12-13-14-15-16-17-18-20-21-23-25-33(36)43-29-32(47-34(37)26-24-22-19-10-8-6-4-2)30-46-49(41,42)45-28-31(35)27-44-48(38,39)40/h4,11-12,31-32,35H,2-3,5-10,13-30H2,1H3,(H,41,42)(H2,38,39,40)/b12-11+/t31-,32+/m0/s1. The number of esters is 2. The lowest BCUT2D eigenvalue weighted by molar-refractivity contribution is -0.161. The summed E-state index contributed by atoms with van der Waals surface area (Å²) in [4.78, 5) is 52.1. The Hall–Kier alpha value is -1.40. The molecule has 1 unspecified atom stereocenters. The number of phosphoric acid groups is 2. The Morgan fingerprint density at radius 3 is 1.65 bits per heavy atom. The summed E-state index contributed by atoms with van der Waals surface area (Å²) in [6.45, 7) is 3.19. The van der Waals surface area contributed by atoms with Crippen LogP contribution in [0.25, 0.3) is 0 Å². The summed E-state index contributed by atoms with van der Waals surface area (Å²) in [7, 11) is -9.65. The van der Waals surface area contributed by atoms with Gasteiger partial charge in [0.2, 0.25) is 0 Å². The molecule has 0 aromatic heterocycles. The van der Waals surface area contributed by atoms with Crippen molar-refractivity contribution < 1.29 is 61.6 Å². The van der Waals surface area contributed by atoms with E-state index < -0.39 is 66.2 Å². The van der Waals surface area contributed by atoms with Crippen LogP contribution in [-0.4, -0.2) is 70.4 Å². The van der Waals surface area contributed by atoms with Crippen molar-refractivity contribution in [3.63, 3.8) is 0 Å². The lowest BCUT2D eigenvalue weighted by atomic mass is 10.1. The van der Waals surface area contributed by atoms with Crippen LogP contribution in [0.2, 0.25) is 0 Å². The van der Waals surface area contributed by atoms with Gasteiger partial charge in [-0.2, -0.15) is 0 Å². The molecule has 0 saturated heterocycles. The van der Waals surface area contributed by atoms with Crippen LogP contribution in [0.15, 0.2) is 24.8 Å². The Bertz CT molecular complexity index is 970. The van der Waals surface area contributed by atoms with Gasteiger partial charge in [0, 0.05) is 12.8 Å². The average Bonchev–Trinajstić information content (AvgIpc) is 3.05. The molecule has 4 N–H and O–H groups in total. The van der Waals surface area contributed by atoms with E-state index in [1.807, 2.05) is 6.08 Å². The van der Waals surface area contributed by atoms with E-state index in [1.54, 1.807) is 0 Å². The monoisotopic (exact) mass is 742 g/mol. The summed E-state index contributed by atoms with van der Waals surface area (Å²) in [5.74, 6) is -1.06. The second-order valence-electron chi connectivity index (χ2n) is 12.2. The molecule has 0 saturated carbocycles. The Balaban J connectivity index is 4.49. The van der Waals surface area contributed by atoms with Gasteiger partial charge in [-0.15, -0.1) is 6.58 Å². The Morgan fingerprint density at radius 1 is 0.633 bits per heavy atom. The summed E-state index contributed by atoms with van der Waals surface area (Å²) in [5.41, 5.74) is 0. The van der Waals surface area contributed by atoms with Gasteiger partial charge in [-0.3, -0.25) is 23.2 Å². The van der Waals surface area contributed by atoms with E-state index in [0.29, 0.717) is 12.8 Å². The van der Waals surface area contributed by atoms with Crippen LogP contribution in [0.1, 0.15) is 142 Å². The Morgan fingerprint density at radius 2 is 1.10 bits per heavy atom. The molecule has 0 aliphatic heterocycles. The smallest absolute Gasteiger partial charge is 0.462 e. The fourth-order valence-electron chi connectivity index (χ4n) is 4.67. The molecule has 0 amide bonds. The third-order valence-corrected chi connectivity index (χ3v) is 8.89. The van der Waals surface area contributed by atoms with Crippen LogP contribution < -0.4 is 0 Å². The number of hydrogen-bond acceptors (Lipinski definition) is 10. The molecule has 0 aromatic carbocycles. The third-order valence-electron chi connectivity index (χ3n) is 7.45. The number of hydrogen-bond donors (Lipinski definition) is 4. The maximum Gasteiger partial charge on any atom is 0.472 e. The van der Waals surface area contributed by atoms with Crippen LogP contribution in [0.3, 0.4) is 0 Å². The van der Waals surface area contributed by atoms with Gasteiger partial charge < -0.3 is 29.3 Å². The zero-order valence-corrected chi connectivity index (χ0v) is 31.4. The second-order valence-corrected chi connectivity index (χ2v) is 14.9. The van der Waals surface area contributed by atoms with Crippen LogP contribution in [0, 0.1) is 0 Å². The Kier molecular flexibility index (Phi) is 30.4. The molecule has 0 fully saturated rings.